The molecule has 0 radical (unpaired) electrons. The summed E-state index contributed by atoms with van der Waals surface area (Å²) in [6, 6.07) is 5.50. The highest BCUT2D eigenvalue weighted by Gasteiger charge is 2.05. The molecule has 0 aliphatic carbocycles. The molecule has 1 aromatic heterocycles. The van der Waals surface area contributed by atoms with Crippen molar-refractivity contribution in [3.05, 3.63) is 47.3 Å². The monoisotopic (exact) mass is 244 g/mol. The van der Waals surface area contributed by atoms with Crippen molar-refractivity contribution in [2.24, 2.45) is 12.8 Å². The largest absolute Gasteiger partial charge is 0.488 e. The van der Waals surface area contributed by atoms with Crippen LogP contribution in [0.3, 0.4) is 0 Å². The van der Waals surface area contributed by atoms with Crippen molar-refractivity contribution in [1.29, 1.82) is 5.41 Å². The molecule has 1 heterocycles. The van der Waals surface area contributed by atoms with E-state index in [0.717, 1.165) is 16.9 Å². The number of nitrogens with zero attached hydrogens (tertiary/aromatic N) is 2. The van der Waals surface area contributed by atoms with Crippen LogP contribution in [0.15, 0.2) is 30.6 Å². The zero-order chi connectivity index (χ0) is 13.1. The summed E-state index contributed by atoms with van der Waals surface area (Å²) in [5.74, 6) is 0.785. The molecule has 2 rings (SSSR count). The Kier molecular flexibility index (Phi) is 3.32. The standard InChI is InChI=1S/C13H16N4O/c1-9-3-4-11(13(14)15)5-12(9)18-8-10-6-16-17(2)7-10/h3-7H,8H2,1-2H3,(H3,14,15). The van der Waals surface area contributed by atoms with Gasteiger partial charge in [0.1, 0.15) is 18.2 Å². The molecule has 5 nitrogen and oxygen atoms in total. The summed E-state index contributed by atoms with van der Waals surface area (Å²) in [6.07, 6.45) is 3.67. The third-order valence-electron chi connectivity index (χ3n) is 2.65. The lowest BCUT2D eigenvalue weighted by molar-refractivity contribution is 0.304. The summed E-state index contributed by atoms with van der Waals surface area (Å²) in [5.41, 5.74) is 8.15. The lowest BCUT2D eigenvalue weighted by Gasteiger charge is -2.09. The van der Waals surface area contributed by atoms with E-state index >= 15 is 0 Å². The van der Waals surface area contributed by atoms with Crippen LogP contribution in [0.5, 0.6) is 5.75 Å². The molecular weight excluding hydrogens is 228 g/mol. The normalized spacial score (nSPS) is 10.3. The average Bonchev–Trinajstić information content (AvgIpc) is 2.74. The summed E-state index contributed by atoms with van der Waals surface area (Å²) >= 11 is 0. The maximum Gasteiger partial charge on any atom is 0.123 e. The van der Waals surface area contributed by atoms with E-state index in [1.165, 1.54) is 0 Å². The zero-order valence-corrected chi connectivity index (χ0v) is 10.5. The van der Waals surface area contributed by atoms with Crippen molar-refractivity contribution in [3.8, 4) is 5.75 Å². The van der Waals surface area contributed by atoms with Gasteiger partial charge < -0.3 is 10.5 Å². The summed E-state index contributed by atoms with van der Waals surface area (Å²) < 4.78 is 7.46. The van der Waals surface area contributed by atoms with Crippen LogP contribution < -0.4 is 10.5 Å². The van der Waals surface area contributed by atoms with E-state index in [-0.39, 0.29) is 5.84 Å². The SMILES string of the molecule is Cc1ccc(C(=N)N)cc1OCc1cnn(C)c1. The van der Waals surface area contributed by atoms with Gasteiger partial charge in [-0.2, -0.15) is 5.10 Å². The number of benzene rings is 1. The molecule has 0 amide bonds. The quantitative estimate of drug-likeness (QED) is 0.633. The van der Waals surface area contributed by atoms with Crippen molar-refractivity contribution in [1.82, 2.24) is 9.78 Å². The molecule has 2 aromatic rings. The number of rotatable bonds is 4. The fraction of sp³-hybridized carbons (Fsp3) is 0.231. The van der Waals surface area contributed by atoms with E-state index < -0.39 is 0 Å². The van der Waals surface area contributed by atoms with Crippen LogP contribution >= 0.6 is 0 Å². The van der Waals surface area contributed by atoms with Crippen molar-refractivity contribution in [2.75, 3.05) is 0 Å². The Morgan fingerprint density at radius 3 is 2.89 bits per heavy atom. The van der Waals surface area contributed by atoms with Crippen molar-refractivity contribution >= 4 is 5.84 Å². The Hall–Kier alpha value is -2.30. The molecule has 0 aliphatic heterocycles. The van der Waals surface area contributed by atoms with Crippen LogP contribution in [0.25, 0.3) is 0 Å². The fourth-order valence-electron chi connectivity index (χ4n) is 1.63. The molecule has 0 saturated carbocycles. The van der Waals surface area contributed by atoms with E-state index in [1.807, 2.05) is 32.3 Å². The van der Waals surface area contributed by atoms with Gasteiger partial charge in [-0.1, -0.05) is 12.1 Å². The second-order valence-electron chi connectivity index (χ2n) is 4.20. The van der Waals surface area contributed by atoms with E-state index in [0.29, 0.717) is 12.2 Å². The minimum atomic E-state index is 0.0428. The molecule has 0 unspecified atom stereocenters. The first-order chi connectivity index (χ1) is 8.56. The number of nitrogens with one attached hydrogen (secondary N) is 1. The number of nitrogen functional groups attached to an aromatic ring is 1. The first-order valence-electron chi connectivity index (χ1n) is 5.61. The average molecular weight is 244 g/mol. The van der Waals surface area contributed by atoms with Crippen LogP contribution in [0, 0.1) is 12.3 Å². The van der Waals surface area contributed by atoms with Crippen LogP contribution in [0.4, 0.5) is 0 Å². The molecule has 0 spiro atoms. The van der Waals surface area contributed by atoms with Crippen LogP contribution in [-0.2, 0) is 13.7 Å². The Morgan fingerprint density at radius 1 is 1.50 bits per heavy atom. The van der Waals surface area contributed by atoms with Crippen molar-refractivity contribution < 1.29 is 4.74 Å². The number of aromatic nitrogens is 2. The molecule has 0 atom stereocenters. The number of hydrogen-bond donors (Lipinski definition) is 2. The molecule has 0 saturated heterocycles. The Morgan fingerprint density at radius 2 is 2.28 bits per heavy atom. The van der Waals surface area contributed by atoms with Gasteiger partial charge in [-0.15, -0.1) is 0 Å². The molecule has 18 heavy (non-hydrogen) atoms. The van der Waals surface area contributed by atoms with Gasteiger partial charge in [0.15, 0.2) is 0 Å². The number of aryl methyl sites for hydroxylation is 2. The van der Waals surface area contributed by atoms with Crippen LogP contribution in [0.2, 0.25) is 0 Å². The molecule has 0 aliphatic rings. The first kappa shape index (κ1) is 12.2. The van der Waals surface area contributed by atoms with E-state index in [1.54, 1.807) is 16.9 Å². The summed E-state index contributed by atoms with van der Waals surface area (Å²) in [5, 5.41) is 11.5. The third kappa shape index (κ3) is 2.68. The molecular formula is C13H16N4O. The number of hydrogen-bond acceptors (Lipinski definition) is 3. The van der Waals surface area contributed by atoms with Gasteiger partial charge >= 0.3 is 0 Å². The van der Waals surface area contributed by atoms with Gasteiger partial charge in [0.05, 0.1) is 6.20 Å². The second kappa shape index (κ2) is 4.91. The second-order valence-corrected chi connectivity index (χ2v) is 4.20. The fourth-order valence-corrected chi connectivity index (χ4v) is 1.63. The Balaban J connectivity index is 2.13. The van der Waals surface area contributed by atoms with Gasteiger partial charge in [0, 0.05) is 24.4 Å². The summed E-state index contributed by atoms with van der Waals surface area (Å²) in [7, 11) is 1.87. The van der Waals surface area contributed by atoms with Gasteiger partial charge in [-0.3, -0.25) is 10.1 Å². The molecule has 5 heteroatoms. The highest BCUT2D eigenvalue weighted by Crippen LogP contribution is 2.20. The molecule has 0 bridgehead atoms. The number of amidine groups is 1. The number of ether oxygens (including phenoxy) is 1. The van der Waals surface area contributed by atoms with Gasteiger partial charge in [-0.05, 0) is 18.6 Å². The maximum atomic E-state index is 7.41. The van der Waals surface area contributed by atoms with Gasteiger partial charge in [0.25, 0.3) is 0 Å². The summed E-state index contributed by atoms with van der Waals surface area (Å²) in [6.45, 7) is 2.42. The van der Waals surface area contributed by atoms with Crippen molar-refractivity contribution in [2.45, 2.75) is 13.5 Å². The van der Waals surface area contributed by atoms with Gasteiger partial charge in [-0.25, -0.2) is 0 Å². The molecule has 3 N–H and O–H groups in total. The van der Waals surface area contributed by atoms with E-state index in [2.05, 4.69) is 5.10 Å². The predicted molar refractivity (Wildman–Crippen MR) is 69.7 cm³/mol. The predicted octanol–water partition coefficient (Wildman–Crippen LogP) is 1.59. The molecule has 1 aromatic carbocycles. The zero-order valence-electron chi connectivity index (χ0n) is 10.5. The number of nitrogens with two attached hydrogens (primary N) is 1. The molecule has 0 fully saturated rings. The highest BCUT2D eigenvalue weighted by atomic mass is 16.5. The van der Waals surface area contributed by atoms with E-state index in [9.17, 15) is 0 Å². The highest BCUT2D eigenvalue weighted by molar-refractivity contribution is 5.95. The third-order valence-corrected chi connectivity index (χ3v) is 2.65. The van der Waals surface area contributed by atoms with E-state index in [4.69, 9.17) is 15.9 Å². The summed E-state index contributed by atoms with van der Waals surface area (Å²) in [4.78, 5) is 0. The maximum absolute atomic E-state index is 7.41. The van der Waals surface area contributed by atoms with Crippen molar-refractivity contribution in [3.63, 3.8) is 0 Å². The minimum absolute atomic E-state index is 0.0428. The Bertz CT molecular complexity index is 574. The minimum Gasteiger partial charge on any atom is -0.488 e. The van der Waals surface area contributed by atoms with Crippen LogP contribution in [0.1, 0.15) is 16.7 Å². The Labute approximate surface area is 106 Å². The lowest BCUT2D eigenvalue weighted by atomic mass is 10.1. The first-order valence-corrected chi connectivity index (χ1v) is 5.61. The van der Waals surface area contributed by atoms with Crippen LogP contribution in [-0.4, -0.2) is 15.6 Å². The smallest absolute Gasteiger partial charge is 0.123 e. The van der Waals surface area contributed by atoms with Gasteiger partial charge in [0.2, 0.25) is 0 Å². The lowest BCUT2D eigenvalue weighted by Crippen LogP contribution is -2.11. The molecule has 94 valence electrons. The topological polar surface area (TPSA) is 76.9 Å².